The van der Waals surface area contributed by atoms with Crippen molar-refractivity contribution in [3.63, 3.8) is 0 Å². The highest BCUT2D eigenvalue weighted by molar-refractivity contribution is 5.64. The Morgan fingerprint density at radius 3 is 2.09 bits per heavy atom. The van der Waals surface area contributed by atoms with Gasteiger partial charge in [0, 0.05) is 12.1 Å². The normalized spacial score (nSPS) is 10.8. The topological polar surface area (TPSA) is 102 Å². The van der Waals surface area contributed by atoms with Crippen LogP contribution in [0.1, 0.15) is 31.4 Å². The zero-order chi connectivity index (χ0) is 23.5. The van der Waals surface area contributed by atoms with Crippen LogP contribution in [0.25, 0.3) is 0 Å². The lowest BCUT2D eigenvalue weighted by Gasteiger charge is -2.07. The monoisotopic (exact) mass is 433 g/mol. The summed E-state index contributed by atoms with van der Waals surface area (Å²) in [6, 6.07) is 17.6. The van der Waals surface area contributed by atoms with Crippen LogP contribution in [0.5, 0.6) is 5.75 Å². The predicted octanol–water partition coefficient (Wildman–Crippen LogP) is 8.47. The number of nitro groups is 1. The van der Waals surface area contributed by atoms with Crippen molar-refractivity contribution in [2.75, 3.05) is 7.11 Å². The van der Waals surface area contributed by atoms with E-state index in [9.17, 15) is 10.1 Å². The molecule has 0 N–H and O–H groups in total. The molecule has 0 fully saturated rings. The number of ether oxygens (including phenoxy) is 1. The zero-order valence-corrected chi connectivity index (χ0v) is 18.9. The summed E-state index contributed by atoms with van der Waals surface area (Å²) in [6.45, 7) is 7.88. The molecule has 0 spiro atoms. The second kappa shape index (κ2) is 12.0. The Kier molecular flexibility index (Phi) is 9.16. The Hall–Kier alpha value is -3.94. The molecule has 8 nitrogen and oxygen atoms in total. The van der Waals surface area contributed by atoms with Gasteiger partial charge in [-0.15, -0.1) is 15.3 Å². The molecule has 0 aliphatic carbocycles. The Morgan fingerprint density at radius 2 is 1.47 bits per heavy atom. The van der Waals surface area contributed by atoms with Crippen LogP contribution in [0.2, 0.25) is 0 Å². The van der Waals surface area contributed by atoms with Crippen LogP contribution < -0.4 is 4.74 Å². The van der Waals surface area contributed by atoms with Crippen molar-refractivity contribution in [3.8, 4) is 5.75 Å². The standard InChI is InChI=1S/C21H19N5O3.C3H8/c1-14-9-10-17(20(11-14)26(27)28)23-24-18-13-21(29-3)19(12-15(18)2)25-22-16-7-5-4-6-8-16;1-3-2/h4-13H,1-3H3;3H2,1-2H3. The van der Waals surface area contributed by atoms with Gasteiger partial charge in [-0.25, -0.2) is 0 Å². The Balaban J connectivity index is 0.00000114. The number of hydrogen-bond acceptors (Lipinski definition) is 7. The first kappa shape index (κ1) is 24.3. The molecule has 8 heteroatoms. The molecule has 3 aromatic rings. The fourth-order valence-electron chi connectivity index (χ4n) is 2.59. The van der Waals surface area contributed by atoms with Gasteiger partial charge in [-0.05, 0) is 49.2 Å². The largest absolute Gasteiger partial charge is 0.494 e. The van der Waals surface area contributed by atoms with Gasteiger partial charge >= 0.3 is 0 Å². The lowest BCUT2D eigenvalue weighted by Crippen LogP contribution is -1.89. The molecular formula is C24H27N5O3. The molecule has 166 valence electrons. The Bertz CT molecular complexity index is 1110. The molecule has 0 saturated heterocycles. The van der Waals surface area contributed by atoms with E-state index < -0.39 is 4.92 Å². The third-order valence-corrected chi connectivity index (χ3v) is 4.12. The van der Waals surface area contributed by atoms with E-state index >= 15 is 0 Å². The van der Waals surface area contributed by atoms with E-state index in [0.29, 0.717) is 17.1 Å². The lowest BCUT2D eigenvalue weighted by atomic mass is 10.1. The van der Waals surface area contributed by atoms with E-state index in [2.05, 4.69) is 34.3 Å². The van der Waals surface area contributed by atoms with Gasteiger partial charge in [-0.2, -0.15) is 5.11 Å². The van der Waals surface area contributed by atoms with Crippen LogP contribution >= 0.6 is 0 Å². The van der Waals surface area contributed by atoms with Gasteiger partial charge in [-0.1, -0.05) is 44.5 Å². The predicted molar refractivity (Wildman–Crippen MR) is 126 cm³/mol. The molecule has 0 bridgehead atoms. The molecule has 0 amide bonds. The molecular weight excluding hydrogens is 406 g/mol. The van der Waals surface area contributed by atoms with Crippen molar-refractivity contribution < 1.29 is 9.66 Å². The maximum Gasteiger partial charge on any atom is 0.296 e. The summed E-state index contributed by atoms with van der Waals surface area (Å²) in [5.41, 5.74) is 3.46. The number of rotatable bonds is 6. The number of benzene rings is 3. The second-order valence-corrected chi connectivity index (χ2v) is 7.00. The summed E-state index contributed by atoms with van der Waals surface area (Å²) in [4.78, 5) is 10.8. The summed E-state index contributed by atoms with van der Waals surface area (Å²) in [5, 5.41) is 28.0. The van der Waals surface area contributed by atoms with Crippen LogP contribution in [0.4, 0.5) is 28.4 Å². The molecule has 0 aliphatic rings. The first-order valence-corrected chi connectivity index (χ1v) is 10.2. The van der Waals surface area contributed by atoms with Crippen molar-refractivity contribution in [2.24, 2.45) is 20.5 Å². The van der Waals surface area contributed by atoms with Crippen LogP contribution in [0.3, 0.4) is 0 Å². The van der Waals surface area contributed by atoms with Crippen molar-refractivity contribution >= 4 is 28.4 Å². The van der Waals surface area contributed by atoms with E-state index in [0.717, 1.165) is 16.8 Å². The van der Waals surface area contributed by atoms with Crippen molar-refractivity contribution in [3.05, 3.63) is 81.9 Å². The summed E-state index contributed by atoms with van der Waals surface area (Å²) in [5.74, 6) is 0.475. The van der Waals surface area contributed by atoms with Crippen LogP contribution in [-0.2, 0) is 0 Å². The highest BCUT2D eigenvalue weighted by atomic mass is 16.6. The van der Waals surface area contributed by atoms with E-state index in [1.807, 2.05) is 37.3 Å². The van der Waals surface area contributed by atoms with E-state index in [4.69, 9.17) is 4.74 Å². The maximum atomic E-state index is 11.2. The molecule has 0 unspecified atom stereocenters. The minimum absolute atomic E-state index is 0.0911. The number of nitro benzene ring substituents is 1. The van der Waals surface area contributed by atoms with Crippen LogP contribution in [-0.4, -0.2) is 12.0 Å². The molecule has 3 aromatic carbocycles. The minimum atomic E-state index is -0.470. The molecule has 0 heterocycles. The highest BCUT2D eigenvalue weighted by Crippen LogP contribution is 2.37. The maximum absolute atomic E-state index is 11.2. The van der Waals surface area contributed by atoms with Gasteiger partial charge in [0.1, 0.15) is 11.4 Å². The first-order valence-electron chi connectivity index (χ1n) is 10.2. The summed E-state index contributed by atoms with van der Waals surface area (Å²) in [7, 11) is 1.53. The molecule has 32 heavy (non-hydrogen) atoms. The van der Waals surface area contributed by atoms with Gasteiger partial charge in [0.15, 0.2) is 5.69 Å². The fourth-order valence-corrected chi connectivity index (χ4v) is 2.59. The van der Waals surface area contributed by atoms with Gasteiger partial charge < -0.3 is 4.74 Å². The SMILES string of the molecule is CCC.COc1cc(N=Nc2ccc(C)cc2[N+](=O)[O-])c(C)cc1N=Nc1ccccc1. The smallest absolute Gasteiger partial charge is 0.296 e. The molecule has 0 aromatic heterocycles. The molecule has 0 aliphatic heterocycles. The Labute approximate surface area is 187 Å². The van der Waals surface area contributed by atoms with Gasteiger partial charge in [0.25, 0.3) is 5.69 Å². The van der Waals surface area contributed by atoms with Gasteiger partial charge in [0.2, 0.25) is 0 Å². The molecule has 3 rings (SSSR count). The van der Waals surface area contributed by atoms with Crippen LogP contribution in [0.15, 0.2) is 81.1 Å². The van der Waals surface area contributed by atoms with E-state index in [1.165, 1.54) is 19.6 Å². The third-order valence-electron chi connectivity index (χ3n) is 4.12. The van der Waals surface area contributed by atoms with E-state index in [-0.39, 0.29) is 11.4 Å². The number of hydrogen-bond donors (Lipinski definition) is 0. The Morgan fingerprint density at radius 1 is 0.844 bits per heavy atom. The van der Waals surface area contributed by atoms with E-state index in [1.54, 1.807) is 31.2 Å². The molecule has 0 atom stereocenters. The molecule has 0 radical (unpaired) electrons. The quantitative estimate of drug-likeness (QED) is 0.221. The number of azo groups is 2. The minimum Gasteiger partial charge on any atom is -0.494 e. The number of methoxy groups -OCH3 is 1. The fraction of sp³-hybridized carbons (Fsp3) is 0.250. The molecule has 0 saturated carbocycles. The van der Waals surface area contributed by atoms with Crippen molar-refractivity contribution in [1.82, 2.24) is 0 Å². The average Bonchev–Trinajstić information content (AvgIpc) is 2.78. The van der Waals surface area contributed by atoms with Crippen LogP contribution in [0, 0.1) is 24.0 Å². The van der Waals surface area contributed by atoms with Gasteiger partial charge in [-0.3, -0.25) is 10.1 Å². The zero-order valence-electron chi connectivity index (χ0n) is 18.9. The van der Waals surface area contributed by atoms with Crippen molar-refractivity contribution in [1.29, 1.82) is 0 Å². The number of nitrogens with zero attached hydrogens (tertiary/aromatic N) is 5. The average molecular weight is 434 g/mol. The van der Waals surface area contributed by atoms with Gasteiger partial charge in [0.05, 0.1) is 23.4 Å². The summed E-state index contributed by atoms with van der Waals surface area (Å²) < 4.78 is 5.40. The third kappa shape index (κ3) is 6.80. The number of aryl methyl sites for hydroxylation is 2. The second-order valence-electron chi connectivity index (χ2n) is 7.00. The summed E-state index contributed by atoms with van der Waals surface area (Å²) >= 11 is 0. The highest BCUT2D eigenvalue weighted by Gasteiger charge is 2.14. The van der Waals surface area contributed by atoms with Crippen molar-refractivity contribution in [2.45, 2.75) is 34.1 Å². The first-order chi connectivity index (χ1) is 15.4. The lowest BCUT2D eigenvalue weighted by molar-refractivity contribution is -0.384. The summed E-state index contributed by atoms with van der Waals surface area (Å²) in [6.07, 6.45) is 1.25.